The van der Waals surface area contributed by atoms with E-state index < -0.39 is 11.7 Å². The Morgan fingerprint density at radius 2 is 1.60 bits per heavy atom. The van der Waals surface area contributed by atoms with Crippen LogP contribution < -0.4 is 4.90 Å². The zero-order chi connectivity index (χ0) is 14.3. The maximum absolute atomic E-state index is 13.1. The number of halogens is 3. The summed E-state index contributed by atoms with van der Waals surface area (Å²) in [6, 6.07) is 12.6. The summed E-state index contributed by atoms with van der Waals surface area (Å²) in [6.45, 7) is 0.294. The number of nitrogens with one attached hydrogen (secondary N) is 1. The molecule has 3 rings (SSSR count). The fraction of sp³-hybridized carbons (Fsp3) is 0.133. The van der Waals surface area contributed by atoms with Crippen molar-refractivity contribution >= 4 is 11.5 Å². The van der Waals surface area contributed by atoms with Crippen molar-refractivity contribution < 1.29 is 13.2 Å². The van der Waals surface area contributed by atoms with Crippen LogP contribution in [0.15, 0.2) is 48.5 Å². The van der Waals surface area contributed by atoms with Crippen LogP contribution in [0.1, 0.15) is 16.7 Å². The van der Waals surface area contributed by atoms with E-state index in [1.807, 2.05) is 12.1 Å². The second kappa shape index (κ2) is 4.37. The molecule has 0 aliphatic carbocycles. The number of alkyl halides is 3. The number of benzene rings is 2. The molecular weight excluding hydrogens is 265 g/mol. The summed E-state index contributed by atoms with van der Waals surface area (Å²) < 4.78 is 39.2. The van der Waals surface area contributed by atoms with Gasteiger partial charge in [0.15, 0.2) is 0 Å². The molecule has 0 amide bonds. The van der Waals surface area contributed by atoms with Crippen molar-refractivity contribution in [2.45, 2.75) is 12.7 Å². The van der Waals surface area contributed by atoms with Gasteiger partial charge < -0.3 is 4.90 Å². The number of hydrogen-bond donors (Lipinski definition) is 1. The van der Waals surface area contributed by atoms with E-state index in [1.54, 1.807) is 18.2 Å². The van der Waals surface area contributed by atoms with E-state index in [-0.39, 0.29) is 11.5 Å². The summed E-state index contributed by atoms with van der Waals surface area (Å²) in [6.07, 6.45) is -4.42. The molecule has 0 spiro atoms. The van der Waals surface area contributed by atoms with Crippen LogP contribution >= 0.6 is 0 Å². The zero-order valence-electron chi connectivity index (χ0n) is 10.4. The molecule has 102 valence electrons. The van der Waals surface area contributed by atoms with Crippen molar-refractivity contribution in [1.29, 1.82) is 5.41 Å². The van der Waals surface area contributed by atoms with Crippen LogP contribution in [0.4, 0.5) is 18.9 Å². The second-order valence-corrected chi connectivity index (χ2v) is 4.61. The van der Waals surface area contributed by atoms with Gasteiger partial charge in [0.1, 0.15) is 5.84 Å². The molecule has 0 atom stereocenters. The van der Waals surface area contributed by atoms with Gasteiger partial charge in [0.25, 0.3) is 0 Å². The lowest BCUT2D eigenvalue weighted by Gasteiger charge is -2.22. The van der Waals surface area contributed by atoms with Crippen LogP contribution in [-0.2, 0) is 12.7 Å². The van der Waals surface area contributed by atoms with Crippen molar-refractivity contribution in [2.24, 2.45) is 0 Å². The zero-order valence-corrected chi connectivity index (χ0v) is 10.4. The number of anilines is 1. The third kappa shape index (κ3) is 1.95. The average molecular weight is 276 g/mol. The Hall–Kier alpha value is -2.30. The first-order valence-electron chi connectivity index (χ1n) is 6.09. The minimum absolute atomic E-state index is 0.0289. The largest absolute Gasteiger partial charge is 0.418 e. The molecule has 1 N–H and O–H groups in total. The molecule has 0 aromatic heterocycles. The van der Waals surface area contributed by atoms with Gasteiger partial charge in [0.2, 0.25) is 0 Å². The monoisotopic (exact) mass is 276 g/mol. The fourth-order valence-electron chi connectivity index (χ4n) is 2.44. The molecule has 1 aliphatic heterocycles. The Morgan fingerprint density at radius 1 is 0.950 bits per heavy atom. The third-order valence-electron chi connectivity index (χ3n) is 3.37. The molecule has 2 aromatic carbocycles. The lowest BCUT2D eigenvalue weighted by atomic mass is 10.1. The lowest BCUT2D eigenvalue weighted by Crippen LogP contribution is -2.26. The van der Waals surface area contributed by atoms with Gasteiger partial charge in [-0.05, 0) is 17.7 Å². The minimum Gasteiger partial charge on any atom is -0.321 e. The second-order valence-electron chi connectivity index (χ2n) is 4.61. The van der Waals surface area contributed by atoms with Gasteiger partial charge in [-0.15, -0.1) is 0 Å². The van der Waals surface area contributed by atoms with E-state index in [0.29, 0.717) is 12.1 Å². The molecular formula is C15H11F3N2. The number of amidine groups is 1. The van der Waals surface area contributed by atoms with E-state index in [1.165, 1.54) is 17.0 Å². The van der Waals surface area contributed by atoms with E-state index in [4.69, 9.17) is 5.41 Å². The van der Waals surface area contributed by atoms with Gasteiger partial charge in [-0.3, -0.25) is 5.41 Å². The van der Waals surface area contributed by atoms with Gasteiger partial charge in [-0.1, -0.05) is 36.4 Å². The van der Waals surface area contributed by atoms with Crippen LogP contribution in [-0.4, -0.2) is 5.84 Å². The molecule has 0 fully saturated rings. The summed E-state index contributed by atoms with van der Waals surface area (Å²) in [5.41, 5.74) is 0.873. The van der Waals surface area contributed by atoms with E-state index in [0.717, 1.165) is 11.6 Å². The molecule has 2 aromatic rings. The summed E-state index contributed by atoms with van der Waals surface area (Å²) in [5, 5.41) is 8.09. The highest BCUT2D eigenvalue weighted by atomic mass is 19.4. The number of rotatable bonds is 1. The summed E-state index contributed by atoms with van der Waals surface area (Å²) >= 11 is 0. The van der Waals surface area contributed by atoms with Gasteiger partial charge in [0.05, 0.1) is 17.8 Å². The number of para-hydroxylation sites is 1. The van der Waals surface area contributed by atoms with Crippen molar-refractivity contribution in [2.75, 3.05) is 4.90 Å². The predicted molar refractivity (Wildman–Crippen MR) is 70.9 cm³/mol. The van der Waals surface area contributed by atoms with Crippen LogP contribution in [0.3, 0.4) is 0 Å². The quantitative estimate of drug-likeness (QED) is 0.835. The maximum atomic E-state index is 13.1. The molecule has 20 heavy (non-hydrogen) atoms. The Kier molecular flexibility index (Phi) is 2.78. The molecule has 1 aliphatic rings. The third-order valence-corrected chi connectivity index (χ3v) is 3.37. The highest BCUT2D eigenvalue weighted by Gasteiger charge is 2.37. The van der Waals surface area contributed by atoms with Crippen molar-refractivity contribution in [3.8, 4) is 0 Å². The van der Waals surface area contributed by atoms with E-state index in [9.17, 15) is 13.2 Å². The molecule has 0 radical (unpaired) electrons. The first kappa shape index (κ1) is 12.7. The van der Waals surface area contributed by atoms with E-state index >= 15 is 0 Å². The van der Waals surface area contributed by atoms with Crippen molar-refractivity contribution in [1.82, 2.24) is 0 Å². The summed E-state index contributed by atoms with van der Waals surface area (Å²) in [7, 11) is 0. The predicted octanol–water partition coefficient (Wildman–Crippen LogP) is 4.05. The molecule has 1 heterocycles. The van der Waals surface area contributed by atoms with Gasteiger partial charge in [0, 0.05) is 5.56 Å². The Morgan fingerprint density at radius 3 is 2.30 bits per heavy atom. The lowest BCUT2D eigenvalue weighted by molar-refractivity contribution is -0.137. The summed E-state index contributed by atoms with van der Waals surface area (Å²) in [5.74, 6) is 0.109. The first-order valence-corrected chi connectivity index (χ1v) is 6.09. The van der Waals surface area contributed by atoms with Crippen LogP contribution in [0.25, 0.3) is 0 Å². The highest BCUT2D eigenvalue weighted by molar-refractivity contribution is 6.12. The molecule has 0 saturated heterocycles. The van der Waals surface area contributed by atoms with Gasteiger partial charge >= 0.3 is 6.18 Å². The SMILES string of the molecule is N=C1c2ccccc2CN1c1ccccc1C(F)(F)F. The maximum Gasteiger partial charge on any atom is 0.418 e. The molecule has 0 bridgehead atoms. The van der Waals surface area contributed by atoms with E-state index in [2.05, 4.69) is 0 Å². The Labute approximate surface area is 114 Å². The topological polar surface area (TPSA) is 27.1 Å². The molecule has 0 saturated carbocycles. The molecule has 0 unspecified atom stereocenters. The van der Waals surface area contributed by atoms with Crippen molar-refractivity contribution in [3.05, 3.63) is 65.2 Å². The number of hydrogen-bond acceptors (Lipinski definition) is 1. The Balaban J connectivity index is 2.07. The Bertz CT molecular complexity index is 677. The van der Waals surface area contributed by atoms with Crippen molar-refractivity contribution in [3.63, 3.8) is 0 Å². The normalized spacial score (nSPS) is 14.6. The van der Waals surface area contributed by atoms with Crippen LogP contribution in [0.5, 0.6) is 0 Å². The molecule has 5 heteroatoms. The first-order chi connectivity index (χ1) is 9.48. The minimum atomic E-state index is -4.42. The van der Waals surface area contributed by atoms with Crippen LogP contribution in [0.2, 0.25) is 0 Å². The highest BCUT2D eigenvalue weighted by Crippen LogP contribution is 2.39. The van der Waals surface area contributed by atoms with Crippen LogP contribution in [0, 0.1) is 5.41 Å². The molecule has 2 nitrogen and oxygen atoms in total. The summed E-state index contributed by atoms with van der Waals surface area (Å²) in [4.78, 5) is 1.40. The number of nitrogens with zero attached hydrogens (tertiary/aromatic N) is 1. The average Bonchev–Trinajstić information content (AvgIpc) is 2.76. The fourth-order valence-corrected chi connectivity index (χ4v) is 2.44. The van der Waals surface area contributed by atoms with Gasteiger partial charge in [-0.2, -0.15) is 13.2 Å². The smallest absolute Gasteiger partial charge is 0.321 e. The number of fused-ring (bicyclic) bond motifs is 1. The van der Waals surface area contributed by atoms with Gasteiger partial charge in [-0.25, -0.2) is 0 Å². The standard InChI is InChI=1S/C15H11F3N2/c16-15(17,18)12-7-3-4-8-13(12)20-9-10-5-1-2-6-11(10)14(20)19/h1-8,19H,9H2.